The highest BCUT2D eigenvalue weighted by atomic mass is 32.2. The van der Waals surface area contributed by atoms with Crippen LogP contribution in [-0.2, 0) is 5.75 Å². The maximum absolute atomic E-state index is 8.66. The van der Waals surface area contributed by atoms with E-state index in [1.165, 1.54) is 16.7 Å². The number of thioether (sulfide) groups is 1. The molecule has 1 aromatic carbocycles. The number of benzene rings is 1. The first-order chi connectivity index (χ1) is 9.58. The minimum Gasteiger partial charge on any atom is -0.409 e. The molecule has 104 valence electrons. The molecule has 1 heterocycles. The summed E-state index contributed by atoms with van der Waals surface area (Å²) in [5.41, 5.74) is 9.85. The minimum atomic E-state index is 0.0267. The number of aryl methyl sites for hydroxylation is 2. The van der Waals surface area contributed by atoms with Crippen LogP contribution in [0.15, 0.2) is 46.6 Å². The van der Waals surface area contributed by atoms with Gasteiger partial charge >= 0.3 is 0 Å². The average Bonchev–Trinajstić information content (AvgIpc) is 2.43. The normalized spacial score (nSPS) is 11.6. The van der Waals surface area contributed by atoms with E-state index in [-0.39, 0.29) is 5.84 Å². The average molecular weight is 287 g/mol. The Labute approximate surface area is 122 Å². The Morgan fingerprint density at radius 1 is 1.25 bits per heavy atom. The Morgan fingerprint density at radius 3 is 2.60 bits per heavy atom. The van der Waals surface area contributed by atoms with Gasteiger partial charge in [0.2, 0.25) is 0 Å². The van der Waals surface area contributed by atoms with Crippen LogP contribution in [0.3, 0.4) is 0 Å². The molecule has 4 nitrogen and oxygen atoms in total. The van der Waals surface area contributed by atoms with Crippen molar-refractivity contribution in [1.82, 2.24) is 4.98 Å². The molecule has 0 bridgehead atoms. The van der Waals surface area contributed by atoms with Crippen molar-refractivity contribution in [2.75, 3.05) is 0 Å². The van der Waals surface area contributed by atoms with E-state index in [2.05, 4.69) is 42.2 Å². The molecule has 0 spiro atoms. The van der Waals surface area contributed by atoms with Crippen LogP contribution in [-0.4, -0.2) is 16.0 Å². The van der Waals surface area contributed by atoms with Crippen LogP contribution in [0.5, 0.6) is 0 Å². The molecular formula is C15H17N3OS. The fraction of sp³-hybridized carbons (Fsp3) is 0.200. The molecule has 20 heavy (non-hydrogen) atoms. The highest BCUT2D eigenvalue weighted by molar-refractivity contribution is 7.98. The zero-order valence-corrected chi connectivity index (χ0v) is 12.3. The van der Waals surface area contributed by atoms with Gasteiger partial charge < -0.3 is 10.9 Å². The van der Waals surface area contributed by atoms with E-state index in [1.807, 2.05) is 12.1 Å². The largest absolute Gasteiger partial charge is 0.409 e. The number of amidine groups is 1. The van der Waals surface area contributed by atoms with Gasteiger partial charge in [0.25, 0.3) is 0 Å². The fourth-order valence-electron chi connectivity index (χ4n) is 2.01. The summed E-state index contributed by atoms with van der Waals surface area (Å²) >= 11 is 1.70. The Bertz CT molecular complexity index is 621. The third-order valence-corrected chi connectivity index (χ3v) is 3.85. The summed E-state index contributed by atoms with van der Waals surface area (Å²) in [7, 11) is 0. The van der Waals surface area contributed by atoms with Crippen molar-refractivity contribution < 1.29 is 5.21 Å². The molecule has 0 atom stereocenters. The summed E-state index contributed by atoms with van der Waals surface area (Å²) in [6, 6.07) is 10.3. The SMILES string of the molecule is Cc1cc(C)cc(CSc2ccnc(/C(N)=N/O)c2)c1. The smallest absolute Gasteiger partial charge is 0.188 e. The molecule has 1 aromatic heterocycles. The topological polar surface area (TPSA) is 71.5 Å². The Kier molecular flexibility index (Phi) is 4.63. The molecule has 0 aliphatic carbocycles. The van der Waals surface area contributed by atoms with Gasteiger partial charge in [-0.05, 0) is 31.5 Å². The van der Waals surface area contributed by atoms with Gasteiger partial charge in [0, 0.05) is 16.8 Å². The van der Waals surface area contributed by atoms with Crippen LogP contribution in [0.1, 0.15) is 22.4 Å². The summed E-state index contributed by atoms with van der Waals surface area (Å²) in [5.74, 6) is 0.904. The number of rotatable bonds is 4. The molecule has 2 rings (SSSR count). The summed E-state index contributed by atoms with van der Waals surface area (Å²) < 4.78 is 0. The van der Waals surface area contributed by atoms with Crippen LogP contribution < -0.4 is 5.73 Å². The molecule has 0 saturated heterocycles. The molecule has 2 aromatic rings. The van der Waals surface area contributed by atoms with Crippen molar-refractivity contribution in [3.8, 4) is 0 Å². The summed E-state index contributed by atoms with van der Waals surface area (Å²) in [4.78, 5) is 5.11. The fourth-order valence-corrected chi connectivity index (χ4v) is 2.86. The first kappa shape index (κ1) is 14.4. The highest BCUT2D eigenvalue weighted by Crippen LogP contribution is 2.24. The van der Waals surface area contributed by atoms with Gasteiger partial charge in [0.1, 0.15) is 5.69 Å². The third kappa shape index (κ3) is 3.74. The second-order valence-electron chi connectivity index (χ2n) is 4.65. The second kappa shape index (κ2) is 6.43. The molecule has 0 saturated carbocycles. The van der Waals surface area contributed by atoms with E-state index in [0.29, 0.717) is 5.69 Å². The molecule has 5 heteroatoms. The van der Waals surface area contributed by atoms with E-state index in [0.717, 1.165) is 10.6 Å². The monoisotopic (exact) mass is 287 g/mol. The van der Waals surface area contributed by atoms with Crippen LogP contribution >= 0.6 is 11.8 Å². The molecule has 0 aliphatic heterocycles. The van der Waals surface area contributed by atoms with Gasteiger partial charge in [0.05, 0.1) is 0 Å². The lowest BCUT2D eigenvalue weighted by Crippen LogP contribution is -2.14. The highest BCUT2D eigenvalue weighted by Gasteiger charge is 2.04. The van der Waals surface area contributed by atoms with Crippen molar-refractivity contribution in [2.24, 2.45) is 10.9 Å². The number of nitrogens with zero attached hydrogens (tertiary/aromatic N) is 2. The van der Waals surface area contributed by atoms with E-state index in [9.17, 15) is 0 Å². The van der Waals surface area contributed by atoms with Crippen LogP contribution in [0.25, 0.3) is 0 Å². The van der Waals surface area contributed by atoms with Crippen molar-refractivity contribution in [1.29, 1.82) is 0 Å². The molecule has 0 radical (unpaired) electrons. The standard InChI is InChI=1S/C15H17N3OS/c1-10-5-11(2)7-12(6-10)9-20-13-3-4-17-14(8-13)15(16)18-19/h3-8,19H,9H2,1-2H3,(H2,16,18). The number of aromatic nitrogens is 1. The van der Waals surface area contributed by atoms with E-state index >= 15 is 0 Å². The third-order valence-electron chi connectivity index (χ3n) is 2.79. The predicted octanol–water partition coefficient (Wildman–Crippen LogP) is 3.09. The lowest BCUT2D eigenvalue weighted by atomic mass is 10.1. The van der Waals surface area contributed by atoms with Gasteiger partial charge in [0.15, 0.2) is 5.84 Å². The van der Waals surface area contributed by atoms with Gasteiger partial charge in [-0.2, -0.15) is 0 Å². The molecule has 0 amide bonds. The summed E-state index contributed by atoms with van der Waals surface area (Å²) in [6.07, 6.45) is 1.66. The number of nitrogens with two attached hydrogens (primary N) is 1. The lowest BCUT2D eigenvalue weighted by Gasteiger charge is -2.06. The van der Waals surface area contributed by atoms with Gasteiger partial charge in [-0.3, -0.25) is 4.98 Å². The van der Waals surface area contributed by atoms with Crippen LogP contribution in [0.2, 0.25) is 0 Å². The molecule has 0 unspecified atom stereocenters. The van der Waals surface area contributed by atoms with Gasteiger partial charge in [-0.15, -0.1) is 11.8 Å². The van der Waals surface area contributed by atoms with Crippen molar-refractivity contribution in [3.05, 3.63) is 58.9 Å². The van der Waals surface area contributed by atoms with Crippen molar-refractivity contribution in [2.45, 2.75) is 24.5 Å². The maximum Gasteiger partial charge on any atom is 0.188 e. The first-order valence-electron chi connectivity index (χ1n) is 6.22. The van der Waals surface area contributed by atoms with Crippen LogP contribution in [0, 0.1) is 13.8 Å². The number of hydrogen-bond donors (Lipinski definition) is 2. The molecular weight excluding hydrogens is 270 g/mol. The first-order valence-corrected chi connectivity index (χ1v) is 7.21. The molecule has 3 N–H and O–H groups in total. The molecule has 0 aliphatic rings. The quantitative estimate of drug-likeness (QED) is 0.298. The Hall–Kier alpha value is -2.01. The number of pyridine rings is 1. The predicted molar refractivity (Wildman–Crippen MR) is 82.2 cm³/mol. The Balaban J connectivity index is 2.11. The van der Waals surface area contributed by atoms with Gasteiger partial charge in [-0.1, -0.05) is 34.5 Å². The maximum atomic E-state index is 8.66. The summed E-state index contributed by atoms with van der Waals surface area (Å²) in [5, 5.41) is 11.6. The van der Waals surface area contributed by atoms with E-state index in [1.54, 1.807) is 18.0 Å². The minimum absolute atomic E-state index is 0.0267. The summed E-state index contributed by atoms with van der Waals surface area (Å²) in [6.45, 7) is 4.20. The van der Waals surface area contributed by atoms with E-state index in [4.69, 9.17) is 10.9 Å². The lowest BCUT2D eigenvalue weighted by molar-refractivity contribution is 0.318. The second-order valence-corrected chi connectivity index (χ2v) is 5.70. The zero-order chi connectivity index (χ0) is 14.5. The number of oxime groups is 1. The van der Waals surface area contributed by atoms with Crippen molar-refractivity contribution in [3.63, 3.8) is 0 Å². The van der Waals surface area contributed by atoms with Gasteiger partial charge in [-0.25, -0.2) is 0 Å². The van der Waals surface area contributed by atoms with Crippen LogP contribution in [0.4, 0.5) is 0 Å². The Morgan fingerprint density at radius 2 is 1.95 bits per heavy atom. The molecule has 0 fully saturated rings. The van der Waals surface area contributed by atoms with Crippen molar-refractivity contribution >= 4 is 17.6 Å². The number of hydrogen-bond acceptors (Lipinski definition) is 4. The van der Waals surface area contributed by atoms with E-state index < -0.39 is 0 Å². The zero-order valence-electron chi connectivity index (χ0n) is 11.5.